The third kappa shape index (κ3) is 2.87. The Morgan fingerprint density at radius 1 is 1.24 bits per heavy atom. The number of thiophene rings is 1. The molecule has 0 saturated heterocycles. The van der Waals surface area contributed by atoms with Gasteiger partial charge in [0.05, 0.1) is 7.57 Å². The first-order chi connectivity index (χ1) is 8.09. The molecule has 2 aromatic rings. The molecule has 0 saturated carbocycles. The van der Waals surface area contributed by atoms with Crippen molar-refractivity contribution in [1.29, 1.82) is 0 Å². The average molecular weight is 374 g/mol. The number of hydrogen-bond acceptors (Lipinski definition) is 2. The summed E-state index contributed by atoms with van der Waals surface area (Å²) in [5.74, 6) is 0.0269. The van der Waals surface area contributed by atoms with Crippen molar-refractivity contribution in [2.75, 3.05) is 0 Å². The van der Waals surface area contributed by atoms with Gasteiger partial charge in [-0.1, -0.05) is 37.3 Å². The topological polar surface area (TPSA) is 17.1 Å². The Labute approximate surface area is 121 Å². The molecule has 1 aromatic heterocycles. The first-order valence-electron chi connectivity index (χ1n) is 5.13. The SMILES string of the molecule is CC(C(=O)c1cc(Br)sc1Br)c1ccccc1. The summed E-state index contributed by atoms with van der Waals surface area (Å²) in [6.45, 7) is 1.94. The largest absolute Gasteiger partial charge is 0.293 e. The molecule has 0 aliphatic rings. The van der Waals surface area contributed by atoms with Crippen LogP contribution in [0.3, 0.4) is 0 Å². The Hall–Kier alpha value is -0.450. The molecule has 1 atom stereocenters. The van der Waals surface area contributed by atoms with Crippen LogP contribution in [0.5, 0.6) is 0 Å². The highest BCUT2D eigenvalue weighted by molar-refractivity contribution is 9.12. The van der Waals surface area contributed by atoms with E-state index in [1.807, 2.05) is 43.3 Å². The van der Waals surface area contributed by atoms with Crippen LogP contribution in [0.1, 0.15) is 28.8 Å². The molecule has 0 aliphatic heterocycles. The van der Waals surface area contributed by atoms with E-state index < -0.39 is 0 Å². The zero-order valence-corrected chi connectivity index (χ0v) is 13.1. The molecule has 4 heteroatoms. The number of rotatable bonds is 3. The zero-order valence-electron chi connectivity index (χ0n) is 9.11. The number of ketones is 1. The van der Waals surface area contributed by atoms with Crippen molar-refractivity contribution < 1.29 is 4.79 Å². The number of carbonyl (C=O) groups excluding carboxylic acids is 1. The van der Waals surface area contributed by atoms with Gasteiger partial charge in [-0.25, -0.2) is 0 Å². The Kier molecular flexibility index (Phi) is 4.17. The molecular weight excluding hydrogens is 364 g/mol. The van der Waals surface area contributed by atoms with Gasteiger partial charge in [0.25, 0.3) is 0 Å². The molecular formula is C13H10Br2OS. The zero-order chi connectivity index (χ0) is 12.4. The molecule has 0 spiro atoms. The molecule has 1 heterocycles. The fourth-order valence-electron chi connectivity index (χ4n) is 1.63. The Morgan fingerprint density at radius 2 is 1.88 bits per heavy atom. The van der Waals surface area contributed by atoms with E-state index in [1.165, 1.54) is 11.3 Å². The van der Waals surface area contributed by atoms with Crippen molar-refractivity contribution in [2.24, 2.45) is 0 Å². The van der Waals surface area contributed by atoms with E-state index in [1.54, 1.807) is 0 Å². The predicted octanol–water partition coefficient (Wildman–Crippen LogP) is 5.26. The van der Waals surface area contributed by atoms with E-state index in [0.717, 1.165) is 18.7 Å². The summed E-state index contributed by atoms with van der Waals surface area (Å²) >= 11 is 8.34. The highest BCUT2D eigenvalue weighted by atomic mass is 79.9. The van der Waals surface area contributed by atoms with Crippen LogP contribution in [-0.4, -0.2) is 5.78 Å². The molecule has 1 nitrogen and oxygen atoms in total. The van der Waals surface area contributed by atoms with Crippen molar-refractivity contribution in [3.8, 4) is 0 Å². The Morgan fingerprint density at radius 3 is 2.41 bits per heavy atom. The summed E-state index contributed by atoms with van der Waals surface area (Å²) in [7, 11) is 0. The van der Waals surface area contributed by atoms with Gasteiger partial charge in [-0.05, 0) is 43.5 Å². The maximum Gasteiger partial charge on any atom is 0.172 e. The van der Waals surface area contributed by atoms with E-state index in [2.05, 4.69) is 31.9 Å². The highest BCUT2D eigenvalue weighted by Crippen LogP contribution is 2.34. The third-order valence-electron chi connectivity index (χ3n) is 2.61. The molecule has 17 heavy (non-hydrogen) atoms. The van der Waals surface area contributed by atoms with Crippen LogP contribution in [0.15, 0.2) is 44.0 Å². The van der Waals surface area contributed by atoms with Gasteiger partial charge < -0.3 is 0 Å². The van der Waals surface area contributed by atoms with Gasteiger partial charge >= 0.3 is 0 Å². The Bertz CT molecular complexity index is 534. The van der Waals surface area contributed by atoms with Gasteiger partial charge in [0.15, 0.2) is 5.78 Å². The van der Waals surface area contributed by atoms with Crippen LogP contribution in [0.25, 0.3) is 0 Å². The first-order valence-corrected chi connectivity index (χ1v) is 7.54. The van der Waals surface area contributed by atoms with Crippen LogP contribution in [0.2, 0.25) is 0 Å². The van der Waals surface area contributed by atoms with E-state index >= 15 is 0 Å². The monoisotopic (exact) mass is 372 g/mol. The minimum Gasteiger partial charge on any atom is -0.293 e. The summed E-state index contributed by atoms with van der Waals surface area (Å²) < 4.78 is 1.85. The summed E-state index contributed by atoms with van der Waals surface area (Å²) in [6.07, 6.45) is 0. The number of halogens is 2. The van der Waals surface area contributed by atoms with Crippen LogP contribution >= 0.6 is 43.2 Å². The smallest absolute Gasteiger partial charge is 0.172 e. The van der Waals surface area contributed by atoms with Crippen molar-refractivity contribution in [3.63, 3.8) is 0 Å². The molecule has 0 aliphatic carbocycles. The third-order valence-corrected chi connectivity index (χ3v) is 4.95. The lowest BCUT2D eigenvalue weighted by Crippen LogP contribution is -2.08. The lowest BCUT2D eigenvalue weighted by Gasteiger charge is -2.09. The molecule has 2 rings (SSSR count). The molecule has 0 N–H and O–H groups in total. The van der Waals surface area contributed by atoms with E-state index in [4.69, 9.17) is 0 Å². The molecule has 0 amide bonds. The molecule has 88 valence electrons. The summed E-state index contributed by atoms with van der Waals surface area (Å²) in [5.41, 5.74) is 1.80. The molecule has 0 bridgehead atoms. The standard InChI is InChI=1S/C13H10Br2OS/c1-8(9-5-3-2-4-6-9)12(16)10-7-11(14)17-13(10)15/h2-8H,1H3. The molecule has 1 aromatic carbocycles. The van der Waals surface area contributed by atoms with Crippen LogP contribution in [0, 0.1) is 0 Å². The second-order valence-corrected chi connectivity index (χ2v) is 7.48. The normalized spacial score (nSPS) is 12.4. The molecule has 1 unspecified atom stereocenters. The van der Waals surface area contributed by atoms with Crippen LogP contribution in [-0.2, 0) is 0 Å². The first kappa shape index (κ1) is 13.0. The highest BCUT2D eigenvalue weighted by Gasteiger charge is 2.20. The molecule has 0 radical (unpaired) electrons. The molecule has 0 fully saturated rings. The van der Waals surface area contributed by atoms with E-state index in [0.29, 0.717) is 0 Å². The van der Waals surface area contributed by atoms with Crippen molar-refractivity contribution in [1.82, 2.24) is 0 Å². The van der Waals surface area contributed by atoms with Crippen molar-refractivity contribution in [3.05, 3.63) is 55.1 Å². The van der Waals surface area contributed by atoms with E-state index in [-0.39, 0.29) is 11.7 Å². The average Bonchev–Trinajstić information content (AvgIpc) is 2.68. The minimum atomic E-state index is -0.117. The predicted molar refractivity (Wildman–Crippen MR) is 78.9 cm³/mol. The quantitative estimate of drug-likeness (QED) is 0.670. The van der Waals surface area contributed by atoms with E-state index in [9.17, 15) is 4.79 Å². The van der Waals surface area contributed by atoms with Crippen molar-refractivity contribution >= 4 is 49.0 Å². The van der Waals surface area contributed by atoms with Gasteiger partial charge in [0.1, 0.15) is 0 Å². The fraction of sp³-hybridized carbons (Fsp3) is 0.154. The number of benzene rings is 1. The van der Waals surface area contributed by atoms with Gasteiger partial charge in [-0.15, -0.1) is 11.3 Å². The number of carbonyl (C=O) groups is 1. The lowest BCUT2D eigenvalue weighted by atomic mass is 9.94. The van der Waals surface area contributed by atoms with Crippen LogP contribution in [0.4, 0.5) is 0 Å². The lowest BCUT2D eigenvalue weighted by molar-refractivity contribution is 0.0966. The van der Waals surface area contributed by atoms with Crippen molar-refractivity contribution in [2.45, 2.75) is 12.8 Å². The second-order valence-electron chi connectivity index (χ2n) is 3.73. The number of hydrogen-bond donors (Lipinski definition) is 0. The maximum atomic E-state index is 12.3. The van der Waals surface area contributed by atoms with Gasteiger partial charge in [0, 0.05) is 11.5 Å². The fourth-order valence-corrected chi connectivity index (χ4v) is 4.45. The summed E-state index contributed by atoms with van der Waals surface area (Å²) in [5, 5.41) is 0. The van der Waals surface area contributed by atoms with Crippen LogP contribution < -0.4 is 0 Å². The minimum absolute atomic E-state index is 0.117. The Balaban J connectivity index is 2.30. The second kappa shape index (κ2) is 5.46. The maximum absolute atomic E-state index is 12.3. The summed E-state index contributed by atoms with van der Waals surface area (Å²) in [4.78, 5) is 12.3. The summed E-state index contributed by atoms with van der Waals surface area (Å²) in [6, 6.07) is 11.7. The van der Waals surface area contributed by atoms with Gasteiger partial charge in [0.2, 0.25) is 0 Å². The van der Waals surface area contributed by atoms with Gasteiger partial charge in [-0.2, -0.15) is 0 Å². The number of Topliss-reactive ketones (excluding diaryl/α,β-unsaturated/α-hetero) is 1. The van der Waals surface area contributed by atoms with Gasteiger partial charge in [-0.3, -0.25) is 4.79 Å².